The number of thioether (sulfide) groups is 1. The van der Waals surface area contributed by atoms with Gasteiger partial charge in [0.15, 0.2) is 0 Å². The zero-order valence-electron chi connectivity index (χ0n) is 11.5. The van der Waals surface area contributed by atoms with Crippen molar-refractivity contribution in [2.24, 2.45) is 7.05 Å². The number of aromatic nitrogens is 4. The highest BCUT2D eigenvalue weighted by molar-refractivity contribution is 7.99. The Morgan fingerprint density at radius 3 is 2.58 bits per heavy atom. The van der Waals surface area contributed by atoms with Crippen molar-refractivity contribution in [3.63, 3.8) is 0 Å². The minimum absolute atomic E-state index is 0.709. The number of hydrogen-bond donors (Lipinski definition) is 0. The molecule has 2 aromatic rings. The largest absolute Gasteiger partial charge is 0.494 e. The summed E-state index contributed by atoms with van der Waals surface area (Å²) in [5, 5.41) is 12.1. The Kier molecular flexibility index (Phi) is 4.79. The second kappa shape index (κ2) is 6.56. The predicted octanol–water partition coefficient (Wildman–Crippen LogP) is 2.39. The number of aryl methyl sites for hydroxylation is 3. The lowest BCUT2D eigenvalue weighted by molar-refractivity contribution is 0.318. The maximum absolute atomic E-state index is 5.75. The van der Waals surface area contributed by atoms with Crippen molar-refractivity contribution in [2.45, 2.75) is 25.4 Å². The molecule has 102 valence electrons. The second-order valence-corrected chi connectivity index (χ2v) is 5.52. The van der Waals surface area contributed by atoms with Crippen molar-refractivity contribution in [1.29, 1.82) is 0 Å². The van der Waals surface area contributed by atoms with E-state index in [4.69, 9.17) is 4.74 Å². The van der Waals surface area contributed by atoms with Crippen molar-refractivity contribution in [3.05, 3.63) is 29.3 Å². The minimum Gasteiger partial charge on any atom is -0.494 e. The number of benzene rings is 1. The van der Waals surface area contributed by atoms with Crippen LogP contribution in [0.15, 0.2) is 23.4 Å². The lowest BCUT2D eigenvalue weighted by Crippen LogP contribution is -2.00. The summed E-state index contributed by atoms with van der Waals surface area (Å²) in [7, 11) is 1.84. The van der Waals surface area contributed by atoms with Gasteiger partial charge in [-0.05, 0) is 54.0 Å². The number of tetrazole rings is 1. The molecule has 0 saturated heterocycles. The van der Waals surface area contributed by atoms with Crippen molar-refractivity contribution in [2.75, 3.05) is 12.4 Å². The molecule has 6 heteroatoms. The van der Waals surface area contributed by atoms with Gasteiger partial charge in [0.05, 0.1) is 6.61 Å². The molecular weight excluding hydrogens is 260 g/mol. The van der Waals surface area contributed by atoms with E-state index in [-0.39, 0.29) is 0 Å². The Morgan fingerprint density at radius 2 is 1.95 bits per heavy atom. The quantitative estimate of drug-likeness (QED) is 0.600. The molecule has 0 spiro atoms. The molecule has 0 amide bonds. The Balaban J connectivity index is 1.71. The van der Waals surface area contributed by atoms with Crippen LogP contribution in [0.2, 0.25) is 0 Å². The average Bonchev–Trinajstić information content (AvgIpc) is 2.73. The van der Waals surface area contributed by atoms with E-state index in [2.05, 4.69) is 47.6 Å². The molecule has 1 aromatic heterocycles. The smallest absolute Gasteiger partial charge is 0.209 e. The Labute approximate surface area is 117 Å². The first-order valence-electron chi connectivity index (χ1n) is 6.21. The first kappa shape index (κ1) is 13.9. The summed E-state index contributed by atoms with van der Waals surface area (Å²) in [5.41, 5.74) is 2.46. The third-order valence-corrected chi connectivity index (χ3v) is 3.66. The van der Waals surface area contributed by atoms with E-state index in [1.165, 1.54) is 11.1 Å². The van der Waals surface area contributed by atoms with E-state index in [1.54, 1.807) is 16.4 Å². The van der Waals surface area contributed by atoms with Gasteiger partial charge in [-0.1, -0.05) is 17.8 Å². The SMILES string of the molecule is Cc1cc(C)cc(OCCCSc2nnnn2C)c1. The fourth-order valence-electron chi connectivity index (χ4n) is 1.77. The Morgan fingerprint density at radius 1 is 1.21 bits per heavy atom. The molecule has 2 rings (SSSR count). The van der Waals surface area contributed by atoms with Crippen LogP contribution in [0.25, 0.3) is 0 Å². The molecule has 0 bridgehead atoms. The lowest BCUT2D eigenvalue weighted by Gasteiger charge is -2.07. The first-order chi connectivity index (χ1) is 9.15. The topological polar surface area (TPSA) is 52.8 Å². The van der Waals surface area contributed by atoms with E-state index in [0.717, 1.165) is 23.1 Å². The standard InChI is InChI=1S/C13H18N4OS/c1-10-7-11(2)9-12(8-10)18-5-4-6-19-13-14-15-16-17(13)3/h7-9H,4-6H2,1-3H3. The van der Waals surface area contributed by atoms with E-state index >= 15 is 0 Å². The Bertz CT molecular complexity index is 521. The molecule has 0 radical (unpaired) electrons. The lowest BCUT2D eigenvalue weighted by atomic mass is 10.1. The first-order valence-corrected chi connectivity index (χ1v) is 7.20. The summed E-state index contributed by atoms with van der Waals surface area (Å²) in [5.74, 6) is 1.89. The molecule has 1 aromatic carbocycles. The second-order valence-electron chi connectivity index (χ2n) is 4.46. The van der Waals surface area contributed by atoms with Gasteiger partial charge >= 0.3 is 0 Å². The van der Waals surface area contributed by atoms with E-state index in [9.17, 15) is 0 Å². The van der Waals surface area contributed by atoms with Gasteiger partial charge in [-0.3, -0.25) is 0 Å². The Hall–Kier alpha value is -1.56. The van der Waals surface area contributed by atoms with Crippen LogP contribution in [-0.4, -0.2) is 32.6 Å². The summed E-state index contributed by atoms with van der Waals surface area (Å²) in [6.07, 6.45) is 0.963. The van der Waals surface area contributed by atoms with Gasteiger partial charge in [-0.25, -0.2) is 4.68 Å². The minimum atomic E-state index is 0.709. The summed E-state index contributed by atoms with van der Waals surface area (Å²) < 4.78 is 7.42. The molecule has 0 N–H and O–H groups in total. The number of hydrogen-bond acceptors (Lipinski definition) is 5. The zero-order valence-corrected chi connectivity index (χ0v) is 12.3. The van der Waals surface area contributed by atoms with Crippen LogP contribution in [0.5, 0.6) is 5.75 Å². The van der Waals surface area contributed by atoms with Crippen molar-refractivity contribution in [3.8, 4) is 5.75 Å². The molecular formula is C13H18N4OS. The van der Waals surface area contributed by atoms with Crippen LogP contribution in [0.1, 0.15) is 17.5 Å². The van der Waals surface area contributed by atoms with Gasteiger partial charge in [-0.2, -0.15) is 0 Å². The molecule has 5 nitrogen and oxygen atoms in total. The van der Waals surface area contributed by atoms with Crippen LogP contribution in [-0.2, 0) is 7.05 Å². The summed E-state index contributed by atoms with van der Waals surface area (Å²) >= 11 is 1.64. The molecule has 0 unspecified atom stereocenters. The van der Waals surface area contributed by atoms with E-state index in [0.29, 0.717) is 6.61 Å². The van der Waals surface area contributed by atoms with Gasteiger partial charge in [0.25, 0.3) is 0 Å². The van der Waals surface area contributed by atoms with Gasteiger partial charge in [0, 0.05) is 12.8 Å². The van der Waals surface area contributed by atoms with Gasteiger partial charge in [-0.15, -0.1) is 5.10 Å². The molecule has 1 heterocycles. The van der Waals surface area contributed by atoms with Crippen LogP contribution in [0.4, 0.5) is 0 Å². The van der Waals surface area contributed by atoms with Gasteiger partial charge < -0.3 is 4.74 Å². The van der Waals surface area contributed by atoms with Gasteiger partial charge in [0.1, 0.15) is 5.75 Å². The van der Waals surface area contributed by atoms with Crippen LogP contribution in [0.3, 0.4) is 0 Å². The number of rotatable bonds is 6. The molecule has 0 fully saturated rings. The maximum atomic E-state index is 5.75. The molecule has 0 aliphatic rings. The maximum Gasteiger partial charge on any atom is 0.209 e. The monoisotopic (exact) mass is 278 g/mol. The average molecular weight is 278 g/mol. The molecule has 0 aliphatic carbocycles. The van der Waals surface area contributed by atoms with Gasteiger partial charge in [0.2, 0.25) is 5.16 Å². The van der Waals surface area contributed by atoms with Crippen LogP contribution < -0.4 is 4.74 Å². The summed E-state index contributed by atoms with van der Waals surface area (Å²) in [6, 6.07) is 6.27. The third-order valence-electron chi connectivity index (χ3n) is 2.57. The van der Waals surface area contributed by atoms with Crippen LogP contribution >= 0.6 is 11.8 Å². The highest BCUT2D eigenvalue weighted by Crippen LogP contribution is 2.17. The van der Waals surface area contributed by atoms with Crippen molar-refractivity contribution < 1.29 is 4.74 Å². The summed E-state index contributed by atoms with van der Waals surface area (Å²) in [4.78, 5) is 0. The van der Waals surface area contributed by atoms with Crippen molar-refractivity contribution in [1.82, 2.24) is 20.2 Å². The van der Waals surface area contributed by atoms with Crippen LogP contribution in [0, 0.1) is 13.8 Å². The van der Waals surface area contributed by atoms with E-state index in [1.807, 2.05) is 7.05 Å². The fraction of sp³-hybridized carbons (Fsp3) is 0.462. The normalized spacial score (nSPS) is 10.7. The fourth-order valence-corrected chi connectivity index (χ4v) is 2.53. The summed E-state index contributed by atoms with van der Waals surface area (Å²) in [6.45, 7) is 4.87. The molecule has 0 atom stereocenters. The zero-order chi connectivity index (χ0) is 13.7. The third kappa shape index (κ3) is 4.24. The van der Waals surface area contributed by atoms with E-state index < -0.39 is 0 Å². The molecule has 0 aliphatic heterocycles. The number of ether oxygens (including phenoxy) is 1. The predicted molar refractivity (Wildman–Crippen MR) is 75.6 cm³/mol. The molecule has 19 heavy (non-hydrogen) atoms. The molecule has 0 saturated carbocycles. The number of nitrogens with zero attached hydrogens (tertiary/aromatic N) is 4. The highest BCUT2D eigenvalue weighted by atomic mass is 32.2. The highest BCUT2D eigenvalue weighted by Gasteiger charge is 2.02. The van der Waals surface area contributed by atoms with Crippen molar-refractivity contribution >= 4 is 11.8 Å².